The van der Waals surface area contributed by atoms with Crippen molar-refractivity contribution >= 4 is 11.8 Å². The molecule has 0 bridgehead atoms. The maximum atomic E-state index is 12.0. The molecule has 0 aliphatic rings. The van der Waals surface area contributed by atoms with E-state index in [2.05, 4.69) is 10.6 Å². The molecule has 26 heavy (non-hydrogen) atoms. The van der Waals surface area contributed by atoms with Crippen molar-refractivity contribution in [1.29, 1.82) is 0 Å². The Kier molecular flexibility index (Phi) is 8.40. The molecule has 0 radical (unpaired) electrons. The molecule has 0 aliphatic heterocycles. The van der Waals surface area contributed by atoms with Crippen LogP contribution in [0.3, 0.4) is 0 Å². The first-order valence-electron chi connectivity index (χ1n) is 9.27. The minimum Gasteiger partial charge on any atom is -0.356 e. The van der Waals surface area contributed by atoms with E-state index in [4.69, 9.17) is 0 Å². The Morgan fingerprint density at radius 3 is 1.85 bits per heavy atom. The Morgan fingerprint density at radius 2 is 1.31 bits per heavy atom. The molecule has 0 heterocycles. The second-order valence-electron chi connectivity index (χ2n) is 6.58. The van der Waals surface area contributed by atoms with Crippen molar-refractivity contribution in [2.75, 3.05) is 6.54 Å². The molecule has 0 spiro atoms. The number of nitrogens with one attached hydrogen (secondary N) is 2. The lowest BCUT2D eigenvalue weighted by Gasteiger charge is -2.14. The smallest absolute Gasteiger partial charge is 0.220 e. The molecule has 2 amide bonds. The van der Waals surface area contributed by atoms with Crippen molar-refractivity contribution in [3.05, 3.63) is 71.8 Å². The molecule has 2 rings (SSSR count). The van der Waals surface area contributed by atoms with Crippen molar-refractivity contribution in [2.45, 2.75) is 45.1 Å². The van der Waals surface area contributed by atoms with E-state index in [9.17, 15) is 9.59 Å². The van der Waals surface area contributed by atoms with Crippen LogP contribution in [0.4, 0.5) is 0 Å². The highest BCUT2D eigenvalue weighted by Crippen LogP contribution is 2.03. The second-order valence-corrected chi connectivity index (χ2v) is 6.58. The largest absolute Gasteiger partial charge is 0.356 e. The highest BCUT2D eigenvalue weighted by molar-refractivity contribution is 5.77. The van der Waals surface area contributed by atoms with Crippen LogP contribution in [0.25, 0.3) is 0 Å². The molecule has 4 nitrogen and oxygen atoms in total. The average molecular weight is 352 g/mol. The Bertz CT molecular complexity index is 671. The molecule has 0 aliphatic carbocycles. The molecule has 138 valence electrons. The molecule has 4 heteroatoms. The number of hydrogen-bond donors (Lipinski definition) is 2. The average Bonchev–Trinajstić information content (AvgIpc) is 2.66. The van der Waals surface area contributed by atoms with Gasteiger partial charge < -0.3 is 10.6 Å². The molecular weight excluding hydrogens is 324 g/mol. The first-order chi connectivity index (χ1) is 12.6. The van der Waals surface area contributed by atoms with Crippen molar-refractivity contribution in [3.63, 3.8) is 0 Å². The first-order valence-corrected chi connectivity index (χ1v) is 9.27. The van der Waals surface area contributed by atoms with Crippen LogP contribution in [0, 0.1) is 0 Å². The van der Waals surface area contributed by atoms with Crippen LogP contribution in [-0.2, 0) is 22.4 Å². The van der Waals surface area contributed by atoms with Crippen LogP contribution in [0.1, 0.15) is 37.3 Å². The Morgan fingerprint density at radius 1 is 0.808 bits per heavy atom. The molecule has 0 saturated carbocycles. The van der Waals surface area contributed by atoms with Gasteiger partial charge in [0.2, 0.25) is 11.8 Å². The molecular formula is C22H28N2O2. The van der Waals surface area contributed by atoms with E-state index >= 15 is 0 Å². The summed E-state index contributed by atoms with van der Waals surface area (Å²) in [6.45, 7) is 2.55. The lowest BCUT2D eigenvalue weighted by atomic mass is 10.1. The minimum absolute atomic E-state index is 0.0488. The predicted octanol–water partition coefficient (Wildman–Crippen LogP) is 3.26. The van der Waals surface area contributed by atoms with Crippen LogP contribution in [0.2, 0.25) is 0 Å². The normalized spacial score (nSPS) is 11.6. The van der Waals surface area contributed by atoms with Gasteiger partial charge in [0.25, 0.3) is 0 Å². The summed E-state index contributed by atoms with van der Waals surface area (Å²) in [7, 11) is 0. The van der Waals surface area contributed by atoms with E-state index in [1.54, 1.807) is 0 Å². The molecule has 1 atom stereocenters. The van der Waals surface area contributed by atoms with Gasteiger partial charge in [-0.05, 0) is 37.3 Å². The first kappa shape index (κ1) is 19.7. The topological polar surface area (TPSA) is 58.2 Å². The fourth-order valence-electron chi connectivity index (χ4n) is 2.74. The van der Waals surface area contributed by atoms with Crippen molar-refractivity contribution in [2.24, 2.45) is 0 Å². The summed E-state index contributed by atoms with van der Waals surface area (Å²) in [6.07, 6.45) is 3.20. The molecule has 1 unspecified atom stereocenters. The van der Waals surface area contributed by atoms with E-state index in [0.29, 0.717) is 19.4 Å². The number of carbonyl (C=O) groups excluding carboxylic acids is 2. The van der Waals surface area contributed by atoms with E-state index in [0.717, 1.165) is 19.3 Å². The van der Waals surface area contributed by atoms with Gasteiger partial charge in [-0.15, -0.1) is 0 Å². The maximum Gasteiger partial charge on any atom is 0.220 e. The van der Waals surface area contributed by atoms with Crippen LogP contribution in [0.5, 0.6) is 0 Å². The Hall–Kier alpha value is -2.62. The number of carbonyl (C=O) groups is 2. The summed E-state index contributed by atoms with van der Waals surface area (Å²) < 4.78 is 0. The summed E-state index contributed by atoms with van der Waals surface area (Å²) in [4.78, 5) is 23.9. The second kappa shape index (κ2) is 11.1. The van der Waals surface area contributed by atoms with Crippen LogP contribution in [-0.4, -0.2) is 24.4 Å². The standard InChI is InChI=1S/C22H28N2O2/c1-18(24-22(26)15-13-20-10-6-3-7-11-20)16-17-23-21(25)14-12-19-8-4-2-5-9-19/h2-11,18H,12-17H2,1H3,(H,23,25)(H,24,26). The van der Waals surface area contributed by atoms with Gasteiger partial charge >= 0.3 is 0 Å². The zero-order valence-electron chi connectivity index (χ0n) is 15.4. The van der Waals surface area contributed by atoms with Crippen LogP contribution >= 0.6 is 0 Å². The summed E-state index contributed by atoms with van der Waals surface area (Å²) in [5.74, 6) is 0.105. The number of aryl methyl sites for hydroxylation is 2. The Balaban J connectivity index is 1.55. The Labute approximate surface area is 156 Å². The van der Waals surface area contributed by atoms with Gasteiger partial charge in [0.05, 0.1) is 0 Å². The molecule has 2 aromatic rings. The van der Waals surface area contributed by atoms with E-state index < -0.39 is 0 Å². The third-order valence-electron chi connectivity index (χ3n) is 4.27. The molecule has 0 aromatic heterocycles. The number of rotatable bonds is 10. The van der Waals surface area contributed by atoms with E-state index in [1.807, 2.05) is 67.6 Å². The predicted molar refractivity (Wildman–Crippen MR) is 105 cm³/mol. The van der Waals surface area contributed by atoms with Gasteiger partial charge in [0.1, 0.15) is 0 Å². The monoisotopic (exact) mass is 352 g/mol. The molecule has 2 N–H and O–H groups in total. The van der Waals surface area contributed by atoms with Crippen LogP contribution < -0.4 is 10.6 Å². The number of amides is 2. The third kappa shape index (κ3) is 7.97. The fourth-order valence-corrected chi connectivity index (χ4v) is 2.74. The van der Waals surface area contributed by atoms with Crippen molar-refractivity contribution in [1.82, 2.24) is 10.6 Å². The van der Waals surface area contributed by atoms with E-state index in [-0.39, 0.29) is 17.9 Å². The van der Waals surface area contributed by atoms with Gasteiger partial charge in [-0.3, -0.25) is 9.59 Å². The highest BCUT2D eigenvalue weighted by Gasteiger charge is 2.08. The van der Waals surface area contributed by atoms with Crippen LogP contribution in [0.15, 0.2) is 60.7 Å². The molecule has 2 aromatic carbocycles. The summed E-state index contributed by atoms with van der Waals surface area (Å²) >= 11 is 0. The van der Waals surface area contributed by atoms with Crippen molar-refractivity contribution in [3.8, 4) is 0 Å². The molecule has 0 fully saturated rings. The summed E-state index contributed by atoms with van der Waals surface area (Å²) in [5.41, 5.74) is 2.34. The van der Waals surface area contributed by atoms with Gasteiger partial charge in [-0.2, -0.15) is 0 Å². The zero-order chi connectivity index (χ0) is 18.6. The summed E-state index contributed by atoms with van der Waals surface area (Å²) in [5, 5.41) is 5.92. The summed E-state index contributed by atoms with van der Waals surface area (Å²) in [6, 6.07) is 20.0. The lowest BCUT2D eigenvalue weighted by molar-refractivity contribution is -0.121. The highest BCUT2D eigenvalue weighted by atomic mass is 16.2. The number of hydrogen-bond acceptors (Lipinski definition) is 2. The molecule has 0 saturated heterocycles. The van der Waals surface area contributed by atoms with E-state index in [1.165, 1.54) is 11.1 Å². The lowest BCUT2D eigenvalue weighted by Crippen LogP contribution is -2.36. The fraction of sp³-hybridized carbons (Fsp3) is 0.364. The van der Waals surface area contributed by atoms with Gasteiger partial charge in [-0.1, -0.05) is 60.7 Å². The maximum absolute atomic E-state index is 12.0. The zero-order valence-corrected chi connectivity index (χ0v) is 15.4. The quantitative estimate of drug-likeness (QED) is 0.689. The van der Waals surface area contributed by atoms with Gasteiger partial charge in [0.15, 0.2) is 0 Å². The van der Waals surface area contributed by atoms with Gasteiger partial charge in [0, 0.05) is 25.4 Å². The van der Waals surface area contributed by atoms with Crippen molar-refractivity contribution < 1.29 is 9.59 Å². The third-order valence-corrected chi connectivity index (χ3v) is 4.27. The SMILES string of the molecule is CC(CCNC(=O)CCc1ccccc1)NC(=O)CCc1ccccc1. The van der Waals surface area contributed by atoms with Gasteiger partial charge in [-0.25, -0.2) is 0 Å². The number of benzene rings is 2. The minimum atomic E-state index is 0.0488.